The first-order valence-electron chi connectivity index (χ1n) is 4.58. The van der Waals surface area contributed by atoms with Gasteiger partial charge in [0.15, 0.2) is 9.84 Å². The van der Waals surface area contributed by atoms with Crippen molar-refractivity contribution in [3.8, 4) is 5.75 Å². The van der Waals surface area contributed by atoms with Crippen LogP contribution in [0, 0.1) is 10.1 Å². The van der Waals surface area contributed by atoms with Gasteiger partial charge in [-0.25, -0.2) is 8.42 Å². The van der Waals surface area contributed by atoms with Gasteiger partial charge in [-0.3, -0.25) is 10.1 Å². The van der Waals surface area contributed by atoms with E-state index in [9.17, 15) is 18.5 Å². The van der Waals surface area contributed by atoms with E-state index in [2.05, 4.69) is 0 Å². The van der Waals surface area contributed by atoms with Gasteiger partial charge < -0.3 is 4.74 Å². The number of nitro benzene ring substituents is 1. The molecule has 0 aliphatic carbocycles. The fourth-order valence-corrected chi connectivity index (χ4v) is 2.60. The molecule has 1 aliphatic rings. The number of sulfone groups is 1. The van der Waals surface area contributed by atoms with Crippen LogP contribution in [0.1, 0.15) is 0 Å². The van der Waals surface area contributed by atoms with E-state index in [4.69, 9.17) is 4.74 Å². The van der Waals surface area contributed by atoms with Gasteiger partial charge >= 0.3 is 0 Å². The first kappa shape index (κ1) is 10.9. The molecule has 1 heterocycles. The Bertz CT molecular complexity index is 495. The smallest absolute Gasteiger partial charge is 0.269 e. The molecule has 1 aliphatic heterocycles. The molecular weight excluding hydrogens is 234 g/mol. The van der Waals surface area contributed by atoms with Gasteiger partial charge in [0.2, 0.25) is 0 Å². The van der Waals surface area contributed by atoms with Crippen molar-refractivity contribution in [1.29, 1.82) is 0 Å². The summed E-state index contributed by atoms with van der Waals surface area (Å²) >= 11 is 0. The molecule has 7 heteroatoms. The number of ether oxygens (including phenoxy) is 1. The first-order valence-corrected chi connectivity index (χ1v) is 6.40. The third-order valence-electron chi connectivity index (χ3n) is 2.23. The zero-order valence-corrected chi connectivity index (χ0v) is 9.01. The lowest BCUT2D eigenvalue weighted by Crippen LogP contribution is -2.45. The molecule has 0 radical (unpaired) electrons. The van der Waals surface area contributed by atoms with Crippen molar-refractivity contribution >= 4 is 15.5 Å². The Kier molecular flexibility index (Phi) is 2.55. The number of hydrogen-bond acceptors (Lipinski definition) is 5. The fraction of sp³-hybridized carbons (Fsp3) is 0.333. The molecule has 0 saturated carbocycles. The highest BCUT2D eigenvalue weighted by Gasteiger charge is 2.35. The Hall–Kier alpha value is -1.63. The second-order valence-electron chi connectivity index (χ2n) is 3.57. The van der Waals surface area contributed by atoms with Crippen LogP contribution in [-0.4, -0.2) is 31.0 Å². The SMILES string of the molecule is O=[N+]([O-])c1ccc(OC2CS(=O)(=O)C2)cc1. The second-order valence-corrected chi connectivity index (χ2v) is 5.72. The average molecular weight is 243 g/mol. The maximum absolute atomic E-state index is 10.9. The van der Waals surface area contributed by atoms with Crippen molar-refractivity contribution in [3.63, 3.8) is 0 Å². The van der Waals surface area contributed by atoms with Crippen molar-refractivity contribution in [2.24, 2.45) is 0 Å². The van der Waals surface area contributed by atoms with E-state index >= 15 is 0 Å². The molecule has 0 spiro atoms. The number of nitrogens with zero attached hydrogens (tertiary/aromatic N) is 1. The van der Waals surface area contributed by atoms with E-state index in [0.717, 1.165) is 0 Å². The topological polar surface area (TPSA) is 86.5 Å². The maximum Gasteiger partial charge on any atom is 0.269 e. The summed E-state index contributed by atoms with van der Waals surface area (Å²) < 4.78 is 27.0. The predicted octanol–water partition coefficient (Wildman–Crippen LogP) is 0.771. The van der Waals surface area contributed by atoms with Crippen LogP contribution in [-0.2, 0) is 9.84 Å². The minimum absolute atomic E-state index is 0.0178. The van der Waals surface area contributed by atoms with Gasteiger partial charge in [0.1, 0.15) is 11.9 Å². The molecular formula is C9H9NO5S. The van der Waals surface area contributed by atoms with Crippen molar-refractivity contribution in [1.82, 2.24) is 0 Å². The standard InChI is InChI=1S/C9H9NO5S/c11-10(12)7-1-3-8(4-2-7)15-9-5-16(13,14)6-9/h1-4,9H,5-6H2. The Labute approximate surface area is 91.9 Å². The van der Waals surface area contributed by atoms with Gasteiger partial charge in [-0.15, -0.1) is 0 Å². The minimum atomic E-state index is -2.91. The van der Waals surface area contributed by atoms with Gasteiger partial charge in [0, 0.05) is 12.1 Å². The normalized spacial score (nSPS) is 18.8. The maximum atomic E-state index is 10.9. The highest BCUT2D eigenvalue weighted by Crippen LogP contribution is 2.22. The Morgan fingerprint density at radius 1 is 1.25 bits per heavy atom. The van der Waals surface area contributed by atoms with E-state index < -0.39 is 14.8 Å². The van der Waals surface area contributed by atoms with Crippen LogP contribution in [0.25, 0.3) is 0 Å². The third-order valence-corrected chi connectivity index (χ3v) is 3.99. The Morgan fingerprint density at radius 3 is 2.25 bits per heavy atom. The Balaban J connectivity index is 1.99. The quantitative estimate of drug-likeness (QED) is 0.578. The third kappa shape index (κ3) is 2.30. The second kappa shape index (κ2) is 3.75. The van der Waals surface area contributed by atoms with Crippen molar-refractivity contribution < 1.29 is 18.1 Å². The lowest BCUT2D eigenvalue weighted by molar-refractivity contribution is -0.384. The zero-order chi connectivity index (χ0) is 11.8. The van der Waals surface area contributed by atoms with Gasteiger partial charge in [-0.2, -0.15) is 0 Å². The van der Waals surface area contributed by atoms with Gasteiger partial charge in [0.05, 0.1) is 16.4 Å². The van der Waals surface area contributed by atoms with E-state index in [1.165, 1.54) is 24.3 Å². The monoisotopic (exact) mass is 243 g/mol. The largest absolute Gasteiger partial charge is 0.488 e. The van der Waals surface area contributed by atoms with E-state index in [1.807, 2.05) is 0 Å². The van der Waals surface area contributed by atoms with Gasteiger partial charge in [-0.05, 0) is 12.1 Å². The molecule has 1 saturated heterocycles. The average Bonchev–Trinajstić information content (AvgIpc) is 2.15. The summed E-state index contributed by atoms with van der Waals surface area (Å²) in [5, 5.41) is 10.4. The minimum Gasteiger partial charge on any atom is -0.488 e. The van der Waals surface area contributed by atoms with Gasteiger partial charge in [0.25, 0.3) is 5.69 Å². The van der Waals surface area contributed by atoms with E-state index in [0.29, 0.717) is 5.75 Å². The molecule has 0 atom stereocenters. The highest BCUT2D eigenvalue weighted by molar-refractivity contribution is 7.92. The predicted molar refractivity (Wildman–Crippen MR) is 56.2 cm³/mol. The van der Waals surface area contributed by atoms with E-state index in [-0.39, 0.29) is 23.3 Å². The molecule has 86 valence electrons. The summed E-state index contributed by atoms with van der Waals surface area (Å²) in [6.07, 6.45) is -0.327. The molecule has 2 rings (SSSR count). The molecule has 0 unspecified atom stereocenters. The molecule has 1 aromatic rings. The van der Waals surface area contributed by atoms with Crippen LogP contribution in [0.2, 0.25) is 0 Å². The number of nitro groups is 1. The molecule has 1 aromatic carbocycles. The van der Waals surface area contributed by atoms with Crippen molar-refractivity contribution in [3.05, 3.63) is 34.4 Å². The van der Waals surface area contributed by atoms with E-state index in [1.54, 1.807) is 0 Å². The molecule has 1 fully saturated rings. The van der Waals surface area contributed by atoms with Crippen LogP contribution in [0.3, 0.4) is 0 Å². The van der Waals surface area contributed by atoms with Crippen LogP contribution in [0.4, 0.5) is 5.69 Å². The number of benzene rings is 1. The Morgan fingerprint density at radius 2 is 1.81 bits per heavy atom. The summed E-state index contributed by atoms with van der Waals surface area (Å²) in [6, 6.07) is 5.57. The molecule has 0 aromatic heterocycles. The number of non-ortho nitro benzene ring substituents is 1. The molecule has 0 bridgehead atoms. The number of rotatable bonds is 3. The summed E-state index contributed by atoms with van der Waals surface area (Å²) in [6.45, 7) is 0. The van der Waals surface area contributed by atoms with Crippen molar-refractivity contribution in [2.75, 3.05) is 11.5 Å². The number of hydrogen-bond donors (Lipinski definition) is 0. The van der Waals surface area contributed by atoms with Crippen LogP contribution in [0.15, 0.2) is 24.3 Å². The molecule has 0 amide bonds. The summed E-state index contributed by atoms with van der Waals surface area (Å²) in [7, 11) is -2.91. The zero-order valence-electron chi connectivity index (χ0n) is 8.20. The molecule has 0 N–H and O–H groups in total. The molecule has 6 nitrogen and oxygen atoms in total. The summed E-state index contributed by atoms with van der Waals surface area (Å²) in [5.41, 5.74) is -0.0198. The first-order chi connectivity index (χ1) is 7.46. The fourth-order valence-electron chi connectivity index (χ4n) is 1.42. The van der Waals surface area contributed by atoms with Crippen molar-refractivity contribution in [2.45, 2.75) is 6.10 Å². The summed E-state index contributed by atoms with van der Waals surface area (Å²) in [4.78, 5) is 9.87. The van der Waals surface area contributed by atoms with Crippen LogP contribution in [0.5, 0.6) is 5.75 Å². The lowest BCUT2D eigenvalue weighted by Gasteiger charge is -2.26. The van der Waals surface area contributed by atoms with Crippen LogP contribution >= 0.6 is 0 Å². The van der Waals surface area contributed by atoms with Gasteiger partial charge in [-0.1, -0.05) is 0 Å². The summed E-state index contributed by atoms with van der Waals surface area (Å²) in [5.74, 6) is 0.485. The highest BCUT2D eigenvalue weighted by atomic mass is 32.2. The van der Waals surface area contributed by atoms with Crippen LogP contribution < -0.4 is 4.74 Å². The lowest BCUT2D eigenvalue weighted by atomic mass is 10.3. The molecule has 16 heavy (non-hydrogen) atoms.